The second-order valence-electron chi connectivity index (χ2n) is 5.61. The van der Waals surface area contributed by atoms with E-state index in [4.69, 9.17) is 0 Å². The number of fused-ring (bicyclic) bond motifs is 1. The smallest absolute Gasteiger partial charge is 0.247 e. The van der Waals surface area contributed by atoms with Crippen molar-refractivity contribution in [1.82, 2.24) is 14.6 Å². The standard InChI is InChI=1S/C14H12BrN5O/c15-11-7-20-12(18-11)10(3-5-17-20)19-6-4-14(8-16,13(19)21)9-1-2-9/h3,5,7,9H,1-2,4,6H2/t14-/m1/s1. The molecule has 6 nitrogen and oxygen atoms in total. The van der Waals surface area contributed by atoms with Gasteiger partial charge in [0.1, 0.15) is 10.0 Å². The number of nitrogens with zero attached hydrogens (tertiary/aromatic N) is 5. The quantitative estimate of drug-likeness (QED) is 0.835. The number of nitriles is 1. The monoisotopic (exact) mass is 345 g/mol. The maximum Gasteiger partial charge on any atom is 0.247 e. The first-order valence-corrected chi connectivity index (χ1v) is 7.68. The molecule has 1 saturated carbocycles. The molecule has 4 rings (SSSR count). The molecule has 0 aromatic carbocycles. The Balaban J connectivity index is 1.80. The third-order valence-electron chi connectivity index (χ3n) is 4.43. The number of hydrogen-bond donors (Lipinski definition) is 0. The lowest BCUT2D eigenvalue weighted by Gasteiger charge is -2.20. The molecule has 2 aliphatic rings. The molecule has 21 heavy (non-hydrogen) atoms. The Bertz CT molecular complexity index is 790. The van der Waals surface area contributed by atoms with Crippen molar-refractivity contribution < 1.29 is 4.79 Å². The van der Waals surface area contributed by atoms with Crippen LogP contribution in [-0.2, 0) is 4.79 Å². The minimum atomic E-state index is -0.829. The SMILES string of the molecule is N#C[C@@]1(C2CC2)CCN(c2ccnn3cc(Br)nc23)C1=O. The van der Waals surface area contributed by atoms with Crippen molar-refractivity contribution in [3.63, 3.8) is 0 Å². The van der Waals surface area contributed by atoms with Gasteiger partial charge < -0.3 is 4.90 Å². The molecule has 3 heterocycles. The molecule has 7 heteroatoms. The minimum Gasteiger partial charge on any atom is -0.307 e. The van der Waals surface area contributed by atoms with Gasteiger partial charge in [-0.15, -0.1) is 0 Å². The van der Waals surface area contributed by atoms with E-state index in [1.165, 1.54) is 0 Å². The van der Waals surface area contributed by atoms with E-state index in [2.05, 4.69) is 32.1 Å². The van der Waals surface area contributed by atoms with Crippen LogP contribution < -0.4 is 4.90 Å². The van der Waals surface area contributed by atoms with Crippen molar-refractivity contribution >= 4 is 33.2 Å². The summed E-state index contributed by atoms with van der Waals surface area (Å²) in [6.45, 7) is 0.563. The molecule has 2 aromatic heterocycles. The van der Waals surface area contributed by atoms with Gasteiger partial charge in [0.25, 0.3) is 0 Å². The zero-order valence-corrected chi connectivity index (χ0v) is 12.7. The molecule has 1 aliphatic heterocycles. The van der Waals surface area contributed by atoms with Gasteiger partial charge in [-0.3, -0.25) is 4.79 Å². The van der Waals surface area contributed by atoms with Gasteiger partial charge in [0, 0.05) is 6.54 Å². The number of carbonyl (C=O) groups excluding carboxylic acids is 1. The summed E-state index contributed by atoms with van der Waals surface area (Å²) in [5.41, 5.74) is 0.519. The molecule has 0 unspecified atom stereocenters. The Hall–Kier alpha value is -1.94. The summed E-state index contributed by atoms with van der Waals surface area (Å²) in [4.78, 5) is 18.9. The fourth-order valence-corrected chi connectivity index (χ4v) is 3.55. The van der Waals surface area contributed by atoms with Crippen LogP contribution in [0, 0.1) is 22.7 Å². The van der Waals surface area contributed by atoms with E-state index in [0.29, 0.717) is 23.2 Å². The van der Waals surface area contributed by atoms with Crippen molar-refractivity contribution in [3.05, 3.63) is 23.1 Å². The van der Waals surface area contributed by atoms with Gasteiger partial charge in [0.15, 0.2) is 5.65 Å². The normalized spacial score (nSPS) is 25.5. The van der Waals surface area contributed by atoms with E-state index >= 15 is 0 Å². The Labute approximate surface area is 129 Å². The number of anilines is 1. The molecular formula is C14H12BrN5O. The molecule has 0 N–H and O–H groups in total. The predicted octanol–water partition coefficient (Wildman–Crippen LogP) is 2.15. The van der Waals surface area contributed by atoms with E-state index in [-0.39, 0.29) is 11.8 Å². The highest BCUT2D eigenvalue weighted by atomic mass is 79.9. The molecule has 2 aromatic rings. The summed E-state index contributed by atoms with van der Waals surface area (Å²) in [5.74, 6) is 0.143. The van der Waals surface area contributed by atoms with Crippen LogP contribution in [0.4, 0.5) is 5.69 Å². The Kier molecular flexibility index (Phi) is 2.60. The fourth-order valence-electron chi connectivity index (χ4n) is 3.18. The van der Waals surface area contributed by atoms with Crippen LogP contribution in [0.2, 0.25) is 0 Å². The van der Waals surface area contributed by atoms with Gasteiger partial charge in [-0.2, -0.15) is 10.4 Å². The summed E-state index contributed by atoms with van der Waals surface area (Å²) >= 11 is 3.32. The van der Waals surface area contributed by atoms with Gasteiger partial charge in [-0.1, -0.05) is 0 Å². The highest BCUT2D eigenvalue weighted by Crippen LogP contribution is 2.52. The third-order valence-corrected chi connectivity index (χ3v) is 4.81. The van der Waals surface area contributed by atoms with E-state index in [1.54, 1.807) is 27.9 Å². The Morgan fingerprint density at radius 2 is 2.29 bits per heavy atom. The number of amides is 1. The van der Waals surface area contributed by atoms with Crippen LogP contribution in [0.5, 0.6) is 0 Å². The third kappa shape index (κ3) is 1.72. The van der Waals surface area contributed by atoms with Crippen LogP contribution in [-0.4, -0.2) is 27.0 Å². The summed E-state index contributed by atoms with van der Waals surface area (Å²) < 4.78 is 2.30. The molecular weight excluding hydrogens is 334 g/mol. The number of halogens is 1. The Morgan fingerprint density at radius 1 is 1.48 bits per heavy atom. The highest BCUT2D eigenvalue weighted by molar-refractivity contribution is 9.10. The van der Waals surface area contributed by atoms with Gasteiger partial charge >= 0.3 is 0 Å². The Morgan fingerprint density at radius 3 is 3.00 bits per heavy atom. The zero-order chi connectivity index (χ0) is 14.6. The maximum absolute atomic E-state index is 12.8. The second-order valence-corrected chi connectivity index (χ2v) is 6.42. The van der Waals surface area contributed by atoms with E-state index in [9.17, 15) is 10.1 Å². The van der Waals surface area contributed by atoms with Gasteiger partial charge in [-0.25, -0.2) is 9.50 Å². The number of rotatable bonds is 2. The van der Waals surface area contributed by atoms with E-state index in [0.717, 1.165) is 18.5 Å². The summed E-state index contributed by atoms with van der Waals surface area (Å²) in [7, 11) is 0. The van der Waals surface area contributed by atoms with Gasteiger partial charge in [-0.05, 0) is 47.2 Å². The first kappa shape index (κ1) is 12.8. The van der Waals surface area contributed by atoms with Crippen LogP contribution in [0.15, 0.2) is 23.1 Å². The van der Waals surface area contributed by atoms with Crippen molar-refractivity contribution in [2.75, 3.05) is 11.4 Å². The molecule has 2 fully saturated rings. The summed E-state index contributed by atoms with van der Waals surface area (Å²) in [6, 6.07) is 4.08. The highest BCUT2D eigenvalue weighted by Gasteiger charge is 2.57. The fraction of sp³-hybridized carbons (Fsp3) is 0.429. The van der Waals surface area contributed by atoms with Crippen LogP contribution in [0.3, 0.4) is 0 Å². The number of aromatic nitrogens is 3. The van der Waals surface area contributed by atoms with Crippen LogP contribution in [0.25, 0.3) is 5.65 Å². The molecule has 106 valence electrons. The van der Waals surface area contributed by atoms with Gasteiger partial charge in [0.2, 0.25) is 5.91 Å². The lowest BCUT2D eigenvalue weighted by molar-refractivity contribution is -0.123. The first-order chi connectivity index (χ1) is 10.2. The summed E-state index contributed by atoms with van der Waals surface area (Å²) in [5, 5.41) is 13.7. The van der Waals surface area contributed by atoms with Gasteiger partial charge in [0.05, 0.1) is 24.2 Å². The van der Waals surface area contributed by atoms with Crippen molar-refractivity contribution in [2.24, 2.45) is 11.3 Å². The molecule has 0 bridgehead atoms. The summed E-state index contributed by atoms with van der Waals surface area (Å²) in [6.07, 6.45) is 5.95. The number of carbonyl (C=O) groups is 1. The molecule has 1 aliphatic carbocycles. The molecule has 1 saturated heterocycles. The molecule has 0 spiro atoms. The molecule has 1 atom stereocenters. The lowest BCUT2D eigenvalue weighted by atomic mass is 9.83. The number of hydrogen-bond acceptors (Lipinski definition) is 4. The average molecular weight is 346 g/mol. The first-order valence-electron chi connectivity index (χ1n) is 6.89. The van der Waals surface area contributed by atoms with E-state index in [1.807, 2.05) is 0 Å². The largest absolute Gasteiger partial charge is 0.307 e. The topological polar surface area (TPSA) is 74.3 Å². The second kappa shape index (κ2) is 4.28. The molecule has 1 amide bonds. The predicted molar refractivity (Wildman–Crippen MR) is 78.4 cm³/mol. The van der Waals surface area contributed by atoms with Crippen molar-refractivity contribution in [2.45, 2.75) is 19.3 Å². The minimum absolute atomic E-state index is 0.0836. The van der Waals surface area contributed by atoms with Crippen LogP contribution >= 0.6 is 15.9 Å². The van der Waals surface area contributed by atoms with Crippen molar-refractivity contribution in [3.8, 4) is 6.07 Å². The molecule has 0 radical (unpaired) electrons. The maximum atomic E-state index is 12.8. The average Bonchev–Trinajstić information content (AvgIpc) is 3.17. The zero-order valence-electron chi connectivity index (χ0n) is 11.2. The van der Waals surface area contributed by atoms with Crippen LogP contribution in [0.1, 0.15) is 19.3 Å². The number of imidazole rings is 1. The van der Waals surface area contributed by atoms with E-state index < -0.39 is 5.41 Å². The lowest BCUT2D eigenvalue weighted by Crippen LogP contribution is -2.35. The van der Waals surface area contributed by atoms with Crippen molar-refractivity contribution in [1.29, 1.82) is 5.26 Å².